The molecule has 0 saturated heterocycles. The van der Waals surface area contributed by atoms with E-state index in [1.165, 1.54) is 11.3 Å². The lowest BCUT2D eigenvalue weighted by Crippen LogP contribution is -2.28. The van der Waals surface area contributed by atoms with Crippen molar-refractivity contribution in [2.24, 2.45) is 0 Å². The number of nitrogens with one attached hydrogen (secondary N) is 1. The van der Waals surface area contributed by atoms with E-state index in [1.807, 2.05) is 62.2 Å². The second kappa shape index (κ2) is 6.52. The predicted molar refractivity (Wildman–Crippen MR) is 101 cm³/mol. The highest BCUT2D eigenvalue weighted by Gasteiger charge is 2.30. The molecule has 6 heteroatoms. The van der Waals surface area contributed by atoms with Crippen LogP contribution in [-0.2, 0) is 6.54 Å². The molecule has 25 heavy (non-hydrogen) atoms. The van der Waals surface area contributed by atoms with E-state index >= 15 is 0 Å². The molecule has 0 spiro atoms. The minimum absolute atomic E-state index is 0.202. The Morgan fingerprint density at radius 3 is 2.68 bits per heavy atom. The number of hydrogen-bond acceptors (Lipinski definition) is 5. The minimum Gasteiger partial charge on any atom is -0.510 e. The van der Waals surface area contributed by atoms with Crippen molar-refractivity contribution in [1.82, 2.24) is 9.88 Å². The molecule has 3 rings (SSSR count). The highest BCUT2D eigenvalue weighted by Crippen LogP contribution is 2.32. The fourth-order valence-electron chi connectivity index (χ4n) is 2.73. The number of aryl methyl sites for hydroxylation is 1. The molecule has 1 aromatic heterocycles. The maximum Gasteiger partial charge on any atom is 0.135 e. The third-order valence-electron chi connectivity index (χ3n) is 3.77. The van der Waals surface area contributed by atoms with Crippen molar-refractivity contribution >= 4 is 22.7 Å². The van der Waals surface area contributed by atoms with Crippen molar-refractivity contribution < 1.29 is 9.84 Å². The molecule has 2 N–H and O–H groups in total. The summed E-state index contributed by atoms with van der Waals surface area (Å²) in [6, 6.07) is 7.85. The van der Waals surface area contributed by atoms with Gasteiger partial charge in [-0.15, -0.1) is 11.3 Å². The Balaban J connectivity index is 1.81. The number of ether oxygens (including phenoxy) is 1. The van der Waals surface area contributed by atoms with E-state index in [2.05, 4.69) is 4.98 Å². The smallest absolute Gasteiger partial charge is 0.135 e. The molecule has 0 amide bonds. The number of nitrogens with zero attached hydrogens (tertiary/aromatic N) is 2. The summed E-state index contributed by atoms with van der Waals surface area (Å²) in [6.45, 7) is 8.77. The maximum atomic E-state index is 10.4. The summed E-state index contributed by atoms with van der Waals surface area (Å²) in [4.78, 5) is 6.25. The lowest BCUT2D eigenvalue weighted by Gasteiger charge is -2.25. The van der Waals surface area contributed by atoms with Crippen LogP contribution in [0.4, 0.5) is 0 Å². The summed E-state index contributed by atoms with van der Waals surface area (Å²) in [5.41, 5.74) is 2.13. The summed E-state index contributed by atoms with van der Waals surface area (Å²) in [5, 5.41) is 21.5. The van der Waals surface area contributed by atoms with Crippen LogP contribution in [0.3, 0.4) is 0 Å². The summed E-state index contributed by atoms with van der Waals surface area (Å²) in [7, 11) is 0. The first kappa shape index (κ1) is 17.5. The second-order valence-corrected chi connectivity index (χ2v) is 8.00. The molecule has 2 aromatic rings. The monoisotopic (exact) mass is 357 g/mol. The molecule has 0 atom stereocenters. The van der Waals surface area contributed by atoms with E-state index < -0.39 is 0 Å². The molecule has 0 saturated carbocycles. The zero-order valence-electron chi connectivity index (χ0n) is 15.0. The van der Waals surface area contributed by atoms with Gasteiger partial charge in [-0.3, -0.25) is 5.41 Å². The van der Waals surface area contributed by atoms with Crippen molar-refractivity contribution in [3.8, 4) is 5.75 Å². The maximum absolute atomic E-state index is 10.4. The second-order valence-electron chi connectivity index (χ2n) is 7.14. The Morgan fingerprint density at radius 2 is 2.04 bits per heavy atom. The van der Waals surface area contributed by atoms with Gasteiger partial charge in [0.15, 0.2) is 0 Å². The van der Waals surface area contributed by atoms with Gasteiger partial charge in [0.25, 0.3) is 0 Å². The largest absolute Gasteiger partial charge is 0.510 e. The van der Waals surface area contributed by atoms with Gasteiger partial charge in [0.1, 0.15) is 28.0 Å². The highest BCUT2D eigenvalue weighted by molar-refractivity contribution is 7.11. The quantitative estimate of drug-likeness (QED) is 0.851. The fourth-order valence-corrected chi connectivity index (χ4v) is 3.60. The lowest BCUT2D eigenvalue weighted by atomic mass is 10.1. The Bertz CT molecular complexity index is 833. The van der Waals surface area contributed by atoms with Crippen LogP contribution in [0.15, 0.2) is 35.4 Å². The van der Waals surface area contributed by atoms with E-state index in [9.17, 15) is 5.11 Å². The molecule has 2 heterocycles. The average molecular weight is 357 g/mol. The molecule has 5 nitrogen and oxygen atoms in total. The van der Waals surface area contributed by atoms with Gasteiger partial charge in [-0.25, -0.2) is 4.98 Å². The van der Waals surface area contributed by atoms with Gasteiger partial charge in [-0.2, -0.15) is 0 Å². The third kappa shape index (κ3) is 3.85. The SMILES string of the molecule is Cc1csc(C2=C(O)CN(Cc3ccccc3OC(C)(C)C)C2=N)n1. The topological polar surface area (TPSA) is 69.4 Å². The van der Waals surface area contributed by atoms with Gasteiger partial charge in [0, 0.05) is 23.2 Å². The van der Waals surface area contributed by atoms with Gasteiger partial charge in [0.05, 0.1) is 12.1 Å². The van der Waals surface area contributed by atoms with Crippen LogP contribution in [0.5, 0.6) is 5.75 Å². The first-order chi connectivity index (χ1) is 11.7. The molecule has 0 aliphatic carbocycles. The van der Waals surface area contributed by atoms with Crippen molar-refractivity contribution in [2.45, 2.75) is 39.8 Å². The first-order valence-electron chi connectivity index (χ1n) is 8.20. The zero-order valence-corrected chi connectivity index (χ0v) is 15.8. The average Bonchev–Trinajstić information content (AvgIpc) is 3.03. The Morgan fingerprint density at radius 1 is 1.32 bits per heavy atom. The van der Waals surface area contributed by atoms with E-state index in [-0.39, 0.29) is 11.4 Å². The summed E-state index contributed by atoms with van der Waals surface area (Å²) in [6.07, 6.45) is 0. The number of para-hydroxylation sites is 1. The van der Waals surface area contributed by atoms with Crippen LogP contribution >= 0.6 is 11.3 Å². The molecule has 0 unspecified atom stereocenters. The van der Waals surface area contributed by atoms with Crippen LogP contribution in [0.1, 0.15) is 37.0 Å². The first-order valence-corrected chi connectivity index (χ1v) is 9.08. The number of benzene rings is 1. The molecule has 1 aliphatic rings. The summed E-state index contributed by atoms with van der Waals surface area (Å²) >= 11 is 1.45. The van der Waals surface area contributed by atoms with Crippen LogP contribution in [0.25, 0.3) is 5.57 Å². The number of amidine groups is 1. The van der Waals surface area contributed by atoms with Gasteiger partial charge >= 0.3 is 0 Å². The molecule has 0 radical (unpaired) electrons. The third-order valence-corrected chi connectivity index (χ3v) is 4.74. The van der Waals surface area contributed by atoms with E-state index in [1.54, 1.807) is 0 Å². The number of aliphatic hydroxyl groups excluding tert-OH is 1. The van der Waals surface area contributed by atoms with Crippen LogP contribution in [-0.4, -0.2) is 33.0 Å². The number of aromatic nitrogens is 1. The zero-order chi connectivity index (χ0) is 18.2. The van der Waals surface area contributed by atoms with E-state index in [4.69, 9.17) is 10.1 Å². The molecule has 1 aromatic carbocycles. The normalized spacial score (nSPS) is 15.2. The van der Waals surface area contributed by atoms with Gasteiger partial charge < -0.3 is 14.7 Å². The van der Waals surface area contributed by atoms with Crippen LogP contribution in [0, 0.1) is 12.3 Å². The van der Waals surface area contributed by atoms with Crippen LogP contribution < -0.4 is 4.74 Å². The van der Waals surface area contributed by atoms with Crippen molar-refractivity contribution in [3.63, 3.8) is 0 Å². The molecular weight excluding hydrogens is 334 g/mol. The number of thiazole rings is 1. The number of rotatable bonds is 4. The highest BCUT2D eigenvalue weighted by atomic mass is 32.1. The number of hydrogen-bond donors (Lipinski definition) is 2. The van der Waals surface area contributed by atoms with Crippen molar-refractivity contribution in [2.75, 3.05) is 6.54 Å². The van der Waals surface area contributed by atoms with Gasteiger partial charge in [0.2, 0.25) is 0 Å². The lowest BCUT2D eigenvalue weighted by molar-refractivity contribution is 0.128. The standard InChI is InChI=1S/C19H23N3O2S/c1-12-11-25-18(21-12)16-14(23)10-22(17(16)20)9-13-7-5-6-8-15(13)24-19(2,3)4/h5-8,11,20,23H,9-10H2,1-4H3. The Hall–Kier alpha value is -2.34. The molecule has 132 valence electrons. The summed E-state index contributed by atoms with van der Waals surface area (Å²) in [5.74, 6) is 1.31. The number of aliphatic hydroxyl groups is 1. The van der Waals surface area contributed by atoms with Crippen molar-refractivity contribution in [1.29, 1.82) is 5.41 Å². The molecular formula is C19H23N3O2S. The molecule has 0 fully saturated rings. The molecule has 1 aliphatic heterocycles. The van der Waals surface area contributed by atoms with E-state index in [0.29, 0.717) is 29.5 Å². The van der Waals surface area contributed by atoms with E-state index in [0.717, 1.165) is 17.0 Å². The van der Waals surface area contributed by atoms with Crippen molar-refractivity contribution in [3.05, 3.63) is 51.7 Å². The minimum atomic E-state index is -0.293. The van der Waals surface area contributed by atoms with Crippen LogP contribution in [0.2, 0.25) is 0 Å². The van der Waals surface area contributed by atoms with Gasteiger partial charge in [-0.1, -0.05) is 18.2 Å². The Labute approximate surface area is 152 Å². The predicted octanol–water partition coefficient (Wildman–Crippen LogP) is 4.39. The van der Waals surface area contributed by atoms with Gasteiger partial charge in [-0.05, 0) is 33.8 Å². The summed E-state index contributed by atoms with van der Waals surface area (Å²) < 4.78 is 6.04. The molecule has 0 bridgehead atoms. The Kier molecular flexibility index (Phi) is 4.56. The fraction of sp³-hybridized carbons (Fsp3) is 0.368.